The van der Waals surface area contributed by atoms with Crippen LogP contribution in [0.25, 0.3) is 0 Å². The summed E-state index contributed by atoms with van der Waals surface area (Å²) in [5, 5.41) is 3.45. The number of nitrogens with zero attached hydrogens (tertiary/aromatic N) is 2. The maximum atomic E-state index is 4.30. The van der Waals surface area contributed by atoms with Gasteiger partial charge in [0.15, 0.2) is 0 Å². The summed E-state index contributed by atoms with van der Waals surface area (Å²) in [5.74, 6) is 0.840. The molecule has 15 heavy (non-hydrogen) atoms. The maximum Gasteiger partial charge on any atom is 0.120 e. The van der Waals surface area contributed by atoms with Crippen LogP contribution in [0.3, 0.4) is 0 Å². The first kappa shape index (κ1) is 10.1. The second-order valence-electron chi connectivity index (χ2n) is 4.15. The molecular weight excluding hydrogens is 322 g/mol. The van der Waals surface area contributed by atoms with Crippen molar-refractivity contribution in [2.45, 2.75) is 6.04 Å². The highest BCUT2D eigenvalue weighted by Crippen LogP contribution is 2.31. The predicted octanol–water partition coefficient (Wildman–Crippen LogP) is 2.01. The van der Waals surface area contributed by atoms with Crippen LogP contribution in [0.4, 0.5) is 5.69 Å². The van der Waals surface area contributed by atoms with Crippen molar-refractivity contribution in [2.24, 2.45) is 5.92 Å². The van der Waals surface area contributed by atoms with E-state index in [1.54, 1.807) is 0 Å². The van der Waals surface area contributed by atoms with E-state index < -0.39 is 0 Å². The van der Waals surface area contributed by atoms with Crippen LogP contribution in [0, 0.1) is 5.92 Å². The summed E-state index contributed by atoms with van der Waals surface area (Å²) in [6, 6.07) is 2.83. The Kier molecular flexibility index (Phi) is 2.49. The zero-order valence-electron chi connectivity index (χ0n) is 8.08. The van der Waals surface area contributed by atoms with Gasteiger partial charge >= 0.3 is 0 Å². The summed E-state index contributed by atoms with van der Waals surface area (Å²) < 4.78 is 1.89. The number of pyridine rings is 1. The Balaban J connectivity index is 1.84. The van der Waals surface area contributed by atoms with Gasteiger partial charge in [-0.15, -0.1) is 0 Å². The summed E-state index contributed by atoms with van der Waals surface area (Å²) in [4.78, 5) is 6.70. The molecule has 0 unspecified atom stereocenters. The number of anilines is 1. The molecule has 0 bridgehead atoms. The second-order valence-corrected chi connectivity index (χ2v) is 5.75. The van der Waals surface area contributed by atoms with Crippen molar-refractivity contribution >= 4 is 37.5 Å². The third-order valence-corrected chi connectivity index (χ3v) is 5.00. The number of aromatic nitrogens is 1. The van der Waals surface area contributed by atoms with Gasteiger partial charge in [0, 0.05) is 31.6 Å². The number of halogens is 2. The van der Waals surface area contributed by atoms with Crippen LogP contribution < -0.4 is 10.2 Å². The molecule has 2 fully saturated rings. The molecule has 0 spiro atoms. The third kappa shape index (κ3) is 1.70. The van der Waals surface area contributed by atoms with E-state index in [1.807, 2.05) is 6.20 Å². The fourth-order valence-corrected chi connectivity index (χ4v) is 2.80. The average Bonchev–Trinajstić information content (AvgIpc) is 2.48. The Hall–Kier alpha value is -0.130. The fraction of sp³-hybridized carbons (Fsp3) is 0.500. The van der Waals surface area contributed by atoms with Crippen molar-refractivity contribution in [1.82, 2.24) is 10.3 Å². The monoisotopic (exact) mass is 331 g/mol. The standard InChI is InChI=1S/C10H11Br2N3/c11-8-1-7(3-14-10(8)12)15-4-6-2-13-9(6)5-15/h1,3,6,9,13H,2,4-5H2/t6-,9+/m0/s1. The molecule has 3 rings (SSSR count). The van der Waals surface area contributed by atoms with Crippen molar-refractivity contribution < 1.29 is 0 Å². The first-order valence-electron chi connectivity index (χ1n) is 5.03. The third-order valence-electron chi connectivity index (χ3n) is 3.23. The fourth-order valence-electron chi connectivity index (χ4n) is 2.25. The van der Waals surface area contributed by atoms with Crippen LogP contribution in [-0.2, 0) is 0 Å². The molecule has 1 aromatic rings. The summed E-state index contributed by atoms with van der Waals surface area (Å²) in [5.41, 5.74) is 1.21. The van der Waals surface area contributed by atoms with Crippen LogP contribution in [0.1, 0.15) is 0 Å². The Labute approximate surface area is 106 Å². The van der Waals surface area contributed by atoms with Crippen molar-refractivity contribution in [3.8, 4) is 0 Å². The molecule has 0 radical (unpaired) electrons. The Morgan fingerprint density at radius 3 is 2.80 bits per heavy atom. The van der Waals surface area contributed by atoms with Gasteiger partial charge in [-0.05, 0) is 37.9 Å². The molecule has 1 N–H and O–H groups in total. The van der Waals surface area contributed by atoms with E-state index in [0.717, 1.165) is 28.1 Å². The van der Waals surface area contributed by atoms with Gasteiger partial charge < -0.3 is 10.2 Å². The molecule has 0 saturated carbocycles. The second kappa shape index (κ2) is 3.71. The lowest BCUT2D eigenvalue weighted by atomic mass is 9.96. The van der Waals surface area contributed by atoms with Gasteiger partial charge in [-0.3, -0.25) is 0 Å². The van der Waals surface area contributed by atoms with Gasteiger partial charge in [0.1, 0.15) is 4.60 Å². The molecule has 0 aliphatic carbocycles. The van der Waals surface area contributed by atoms with Crippen LogP contribution >= 0.6 is 31.9 Å². The highest BCUT2D eigenvalue weighted by atomic mass is 79.9. The van der Waals surface area contributed by atoms with Crippen LogP contribution in [0.2, 0.25) is 0 Å². The first-order valence-corrected chi connectivity index (χ1v) is 6.62. The Morgan fingerprint density at radius 1 is 1.40 bits per heavy atom. The van der Waals surface area contributed by atoms with Crippen molar-refractivity contribution in [2.75, 3.05) is 24.5 Å². The molecule has 0 amide bonds. The number of rotatable bonds is 1. The van der Waals surface area contributed by atoms with Crippen molar-refractivity contribution in [3.05, 3.63) is 21.3 Å². The molecule has 0 aromatic carbocycles. The van der Waals surface area contributed by atoms with E-state index >= 15 is 0 Å². The van der Waals surface area contributed by atoms with Crippen LogP contribution in [0.5, 0.6) is 0 Å². The van der Waals surface area contributed by atoms with Crippen LogP contribution in [0.15, 0.2) is 21.3 Å². The van der Waals surface area contributed by atoms with E-state index in [2.05, 4.69) is 53.1 Å². The van der Waals surface area contributed by atoms with Crippen LogP contribution in [-0.4, -0.2) is 30.7 Å². The van der Waals surface area contributed by atoms with E-state index in [1.165, 1.54) is 12.2 Å². The van der Waals surface area contributed by atoms with Gasteiger partial charge in [0.2, 0.25) is 0 Å². The lowest BCUT2D eigenvalue weighted by Crippen LogP contribution is -2.51. The summed E-state index contributed by atoms with van der Waals surface area (Å²) >= 11 is 6.87. The summed E-state index contributed by atoms with van der Waals surface area (Å²) in [6.07, 6.45) is 1.93. The number of hydrogen-bond donors (Lipinski definition) is 1. The van der Waals surface area contributed by atoms with Gasteiger partial charge in [0.25, 0.3) is 0 Å². The van der Waals surface area contributed by atoms with E-state index in [0.29, 0.717) is 6.04 Å². The minimum absolute atomic E-state index is 0.701. The quantitative estimate of drug-likeness (QED) is 0.797. The van der Waals surface area contributed by atoms with Gasteiger partial charge in [-0.1, -0.05) is 0 Å². The largest absolute Gasteiger partial charge is 0.368 e. The normalized spacial score (nSPS) is 28.8. The Morgan fingerprint density at radius 2 is 2.27 bits per heavy atom. The molecule has 3 heterocycles. The molecule has 1 aromatic heterocycles. The lowest BCUT2D eigenvalue weighted by molar-refractivity contribution is 0.297. The molecule has 2 saturated heterocycles. The van der Waals surface area contributed by atoms with E-state index in [-0.39, 0.29) is 0 Å². The predicted molar refractivity (Wildman–Crippen MR) is 67.1 cm³/mol. The first-order chi connectivity index (χ1) is 7.24. The highest BCUT2D eigenvalue weighted by Gasteiger charge is 2.39. The van der Waals surface area contributed by atoms with E-state index in [4.69, 9.17) is 0 Å². The SMILES string of the molecule is Brc1cc(N2C[C@@H]3CN[C@@H]3C2)cnc1Br. The maximum absolute atomic E-state index is 4.30. The van der Waals surface area contributed by atoms with Gasteiger partial charge in [-0.25, -0.2) is 4.98 Å². The molecule has 80 valence electrons. The zero-order valence-corrected chi connectivity index (χ0v) is 11.3. The summed E-state index contributed by atoms with van der Waals surface area (Å²) in [6.45, 7) is 3.44. The molecular formula is C10H11Br2N3. The minimum Gasteiger partial charge on any atom is -0.368 e. The number of nitrogens with one attached hydrogen (secondary N) is 1. The molecule has 5 heteroatoms. The Bertz CT molecular complexity index is 384. The summed E-state index contributed by atoms with van der Waals surface area (Å²) in [7, 11) is 0. The molecule has 2 aliphatic heterocycles. The topological polar surface area (TPSA) is 28.2 Å². The van der Waals surface area contributed by atoms with E-state index in [9.17, 15) is 0 Å². The zero-order chi connectivity index (χ0) is 10.4. The molecule has 2 aliphatic rings. The van der Waals surface area contributed by atoms with Gasteiger partial charge in [0.05, 0.1) is 16.4 Å². The molecule has 2 atom stereocenters. The smallest absolute Gasteiger partial charge is 0.120 e. The average molecular weight is 333 g/mol. The number of hydrogen-bond acceptors (Lipinski definition) is 3. The lowest BCUT2D eigenvalue weighted by Gasteiger charge is -2.29. The van der Waals surface area contributed by atoms with Gasteiger partial charge in [-0.2, -0.15) is 0 Å². The molecule has 3 nitrogen and oxygen atoms in total. The number of fused-ring (bicyclic) bond motifs is 1. The van der Waals surface area contributed by atoms with Crippen molar-refractivity contribution in [3.63, 3.8) is 0 Å². The highest BCUT2D eigenvalue weighted by molar-refractivity contribution is 9.13. The minimum atomic E-state index is 0.701. The van der Waals surface area contributed by atoms with Crippen molar-refractivity contribution in [1.29, 1.82) is 0 Å².